The average molecular weight is 182 g/mol. The molecule has 1 aliphatic heterocycles. The highest BCUT2D eigenvalue weighted by atomic mass is 16.5. The van der Waals surface area contributed by atoms with Crippen molar-refractivity contribution in [3.8, 4) is 0 Å². The summed E-state index contributed by atoms with van der Waals surface area (Å²) in [4.78, 5) is 11.5. The lowest BCUT2D eigenvalue weighted by atomic mass is 9.80. The minimum Gasteiger partial charge on any atom is -0.460 e. The van der Waals surface area contributed by atoms with E-state index in [9.17, 15) is 4.79 Å². The minimum atomic E-state index is -0.684. The first-order valence-corrected chi connectivity index (χ1v) is 4.12. The van der Waals surface area contributed by atoms with Crippen molar-refractivity contribution in [3.63, 3.8) is 0 Å². The Morgan fingerprint density at radius 1 is 1.77 bits per heavy atom. The van der Waals surface area contributed by atoms with E-state index in [1.165, 1.54) is 0 Å². The minimum absolute atomic E-state index is 0.251. The van der Waals surface area contributed by atoms with Crippen LogP contribution in [0.1, 0.15) is 6.42 Å². The molecule has 0 radical (unpaired) electrons. The molecule has 1 atom stereocenters. The highest BCUT2D eigenvalue weighted by Gasteiger charge is 2.46. The van der Waals surface area contributed by atoms with Crippen LogP contribution in [0, 0.1) is 5.41 Å². The maximum atomic E-state index is 11.5. The van der Waals surface area contributed by atoms with E-state index in [0.29, 0.717) is 19.6 Å². The van der Waals surface area contributed by atoms with Crippen molar-refractivity contribution in [2.45, 2.75) is 6.42 Å². The fourth-order valence-electron chi connectivity index (χ4n) is 1.51. The van der Waals surface area contributed by atoms with Crippen LogP contribution in [-0.4, -0.2) is 26.3 Å². The fourth-order valence-corrected chi connectivity index (χ4v) is 1.51. The first-order valence-electron chi connectivity index (χ1n) is 4.12. The molecule has 0 saturated carbocycles. The molecule has 1 aliphatic rings. The van der Waals surface area contributed by atoms with Gasteiger partial charge in [-0.1, -0.05) is 12.7 Å². The van der Waals surface area contributed by atoms with Crippen LogP contribution in [-0.2, 0) is 14.3 Å². The summed E-state index contributed by atoms with van der Waals surface area (Å²) in [7, 11) is 1.56. The van der Waals surface area contributed by atoms with Gasteiger partial charge in [0, 0.05) is 7.11 Å². The van der Waals surface area contributed by atoms with Gasteiger partial charge in [0.2, 0.25) is 0 Å². The highest BCUT2D eigenvalue weighted by molar-refractivity contribution is 5.83. The lowest BCUT2D eigenvalue weighted by molar-refractivity contribution is -0.148. The number of methoxy groups -OCH3 is 1. The molecule has 0 N–H and O–H groups in total. The Bertz CT molecular complexity index is 227. The summed E-state index contributed by atoms with van der Waals surface area (Å²) in [5.41, 5.74) is 0.0931. The Morgan fingerprint density at radius 3 is 2.85 bits per heavy atom. The van der Waals surface area contributed by atoms with Crippen molar-refractivity contribution in [2.24, 2.45) is 5.41 Å². The summed E-state index contributed by atoms with van der Waals surface area (Å²) in [6.07, 6.45) is 2.22. The number of hydrogen-bond donors (Lipinski definition) is 0. The standard InChI is InChI=1S/C10H14O3/c1-4-5-10(7-12-3)8(2)6-13-9(10)11/h4H,1-2,5-7H2,3H3. The lowest BCUT2D eigenvalue weighted by Gasteiger charge is -2.22. The molecule has 0 aromatic heterocycles. The third-order valence-corrected chi connectivity index (χ3v) is 2.33. The van der Waals surface area contributed by atoms with Crippen molar-refractivity contribution in [2.75, 3.05) is 20.3 Å². The predicted molar refractivity (Wildman–Crippen MR) is 49.2 cm³/mol. The first-order chi connectivity index (χ1) is 6.17. The van der Waals surface area contributed by atoms with Gasteiger partial charge in [0.25, 0.3) is 0 Å². The summed E-state index contributed by atoms with van der Waals surface area (Å²) in [6.45, 7) is 8.06. The number of hydrogen-bond acceptors (Lipinski definition) is 3. The molecule has 13 heavy (non-hydrogen) atoms. The maximum absolute atomic E-state index is 11.5. The Labute approximate surface area is 78.0 Å². The zero-order chi connectivity index (χ0) is 9.90. The second-order valence-electron chi connectivity index (χ2n) is 3.19. The van der Waals surface area contributed by atoms with Gasteiger partial charge in [-0.25, -0.2) is 0 Å². The number of cyclic esters (lactones) is 1. The fraction of sp³-hybridized carbons (Fsp3) is 0.500. The maximum Gasteiger partial charge on any atom is 0.319 e. The van der Waals surface area contributed by atoms with E-state index in [4.69, 9.17) is 9.47 Å². The van der Waals surface area contributed by atoms with E-state index in [1.807, 2.05) is 0 Å². The Kier molecular flexibility index (Phi) is 2.88. The summed E-state index contributed by atoms with van der Waals surface area (Å²) >= 11 is 0. The smallest absolute Gasteiger partial charge is 0.319 e. The molecular formula is C10H14O3. The number of esters is 1. The van der Waals surface area contributed by atoms with Crippen molar-refractivity contribution in [3.05, 3.63) is 24.8 Å². The third-order valence-electron chi connectivity index (χ3n) is 2.33. The molecule has 3 heteroatoms. The number of carbonyl (C=O) groups excluding carboxylic acids is 1. The van der Waals surface area contributed by atoms with Crippen molar-refractivity contribution >= 4 is 5.97 Å². The van der Waals surface area contributed by atoms with Gasteiger partial charge in [-0.15, -0.1) is 6.58 Å². The van der Waals surface area contributed by atoms with Crippen molar-refractivity contribution in [1.82, 2.24) is 0 Å². The zero-order valence-corrected chi connectivity index (χ0v) is 7.84. The summed E-state index contributed by atoms with van der Waals surface area (Å²) in [5, 5.41) is 0. The molecule has 72 valence electrons. The molecule has 0 spiro atoms. The van der Waals surface area contributed by atoms with Gasteiger partial charge >= 0.3 is 5.97 Å². The Hall–Kier alpha value is -1.09. The Morgan fingerprint density at radius 2 is 2.46 bits per heavy atom. The van der Waals surface area contributed by atoms with Crippen LogP contribution in [0.4, 0.5) is 0 Å². The predicted octanol–water partition coefficient (Wildman–Crippen LogP) is 1.31. The second kappa shape index (κ2) is 3.75. The van der Waals surface area contributed by atoms with Gasteiger partial charge in [-0.05, 0) is 12.0 Å². The molecule has 3 nitrogen and oxygen atoms in total. The van der Waals surface area contributed by atoms with Crippen molar-refractivity contribution in [1.29, 1.82) is 0 Å². The molecule has 0 amide bonds. The van der Waals surface area contributed by atoms with Crippen LogP contribution in [0.3, 0.4) is 0 Å². The van der Waals surface area contributed by atoms with Gasteiger partial charge in [0.05, 0.1) is 6.61 Å². The van der Waals surface area contributed by atoms with Gasteiger partial charge in [-0.2, -0.15) is 0 Å². The van der Waals surface area contributed by atoms with Crippen LogP contribution < -0.4 is 0 Å². The molecule has 0 aromatic rings. The summed E-state index contributed by atoms with van der Waals surface area (Å²) in [5.74, 6) is -0.251. The van der Waals surface area contributed by atoms with E-state index < -0.39 is 5.41 Å². The van der Waals surface area contributed by atoms with Crippen LogP contribution in [0.25, 0.3) is 0 Å². The first kappa shape index (κ1) is 9.99. The van der Waals surface area contributed by atoms with Gasteiger partial charge in [-0.3, -0.25) is 4.79 Å². The van der Waals surface area contributed by atoms with E-state index in [0.717, 1.165) is 5.57 Å². The topological polar surface area (TPSA) is 35.5 Å². The molecule has 1 unspecified atom stereocenters. The van der Waals surface area contributed by atoms with E-state index >= 15 is 0 Å². The van der Waals surface area contributed by atoms with Crippen LogP contribution >= 0.6 is 0 Å². The number of carbonyl (C=O) groups is 1. The monoisotopic (exact) mass is 182 g/mol. The van der Waals surface area contributed by atoms with Gasteiger partial charge in [0.15, 0.2) is 0 Å². The summed E-state index contributed by atoms with van der Waals surface area (Å²) in [6, 6.07) is 0. The van der Waals surface area contributed by atoms with E-state index in [1.54, 1.807) is 13.2 Å². The molecular weight excluding hydrogens is 168 g/mol. The average Bonchev–Trinajstić information content (AvgIpc) is 2.35. The third kappa shape index (κ3) is 1.52. The van der Waals surface area contributed by atoms with Crippen LogP contribution in [0.5, 0.6) is 0 Å². The number of ether oxygens (including phenoxy) is 2. The second-order valence-corrected chi connectivity index (χ2v) is 3.19. The molecule has 0 bridgehead atoms. The van der Waals surface area contributed by atoms with Crippen LogP contribution in [0.15, 0.2) is 24.8 Å². The lowest BCUT2D eigenvalue weighted by Crippen LogP contribution is -2.32. The SMILES string of the molecule is C=CCC1(COC)C(=C)COC1=O. The Balaban J connectivity index is 2.91. The normalized spacial score (nSPS) is 27.5. The number of allylic oxidation sites excluding steroid dienone is 1. The van der Waals surface area contributed by atoms with Gasteiger partial charge in [0.1, 0.15) is 12.0 Å². The zero-order valence-electron chi connectivity index (χ0n) is 7.84. The summed E-state index contributed by atoms with van der Waals surface area (Å²) < 4.78 is 9.93. The van der Waals surface area contributed by atoms with Crippen LogP contribution in [0.2, 0.25) is 0 Å². The van der Waals surface area contributed by atoms with Crippen molar-refractivity contribution < 1.29 is 14.3 Å². The highest BCUT2D eigenvalue weighted by Crippen LogP contribution is 2.37. The molecule has 0 aliphatic carbocycles. The molecule has 1 saturated heterocycles. The molecule has 1 heterocycles. The number of rotatable bonds is 4. The quantitative estimate of drug-likeness (QED) is 0.485. The van der Waals surface area contributed by atoms with E-state index in [2.05, 4.69) is 13.2 Å². The largest absolute Gasteiger partial charge is 0.460 e. The van der Waals surface area contributed by atoms with E-state index in [-0.39, 0.29) is 5.97 Å². The van der Waals surface area contributed by atoms with Gasteiger partial charge < -0.3 is 9.47 Å². The molecule has 0 aromatic carbocycles. The molecule has 1 rings (SSSR count). The molecule has 1 fully saturated rings.